The van der Waals surface area contributed by atoms with Gasteiger partial charge in [-0.25, -0.2) is 4.79 Å². The number of benzene rings is 1. The molecule has 3 atom stereocenters. The summed E-state index contributed by atoms with van der Waals surface area (Å²) in [6.07, 6.45) is 13.8. The highest BCUT2D eigenvalue weighted by Crippen LogP contribution is 2.28. The number of hydrogen-bond acceptors (Lipinski definition) is 3. The molecule has 3 heteroatoms. The van der Waals surface area contributed by atoms with Crippen molar-refractivity contribution in [3.8, 4) is 5.75 Å². The summed E-state index contributed by atoms with van der Waals surface area (Å²) in [5.41, 5.74) is 0.965. The van der Waals surface area contributed by atoms with E-state index in [1.165, 1.54) is 32.1 Å². The summed E-state index contributed by atoms with van der Waals surface area (Å²) in [7, 11) is 1.65. The van der Waals surface area contributed by atoms with Crippen LogP contribution in [0, 0.1) is 11.8 Å². The van der Waals surface area contributed by atoms with Crippen molar-refractivity contribution in [1.82, 2.24) is 0 Å². The fourth-order valence-corrected chi connectivity index (χ4v) is 3.83. The highest BCUT2D eigenvalue weighted by atomic mass is 16.5. The van der Waals surface area contributed by atoms with E-state index >= 15 is 0 Å². The molecule has 29 heavy (non-hydrogen) atoms. The smallest absolute Gasteiger partial charge is 0.331 e. The van der Waals surface area contributed by atoms with Gasteiger partial charge in [0.25, 0.3) is 0 Å². The Labute approximate surface area is 178 Å². The van der Waals surface area contributed by atoms with Crippen LogP contribution in [0.15, 0.2) is 30.3 Å². The van der Waals surface area contributed by atoms with Crippen molar-refractivity contribution < 1.29 is 14.3 Å². The van der Waals surface area contributed by atoms with Gasteiger partial charge in [0.05, 0.1) is 7.11 Å². The average molecular weight is 403 g/mol. The maximum absolute atomic E-state index is 12.6. The summed E-state index contributed by atoms with van der Waals surface area (Å²) in [5, 5.41) is 0. The molecule has 0 fully saturated rings. The van der Waals surface area contributed by atoms with E-state index < -0.39 is 0 Å². The van der Waals surface area contributed by atoms with E-state index in [2.05, 4.69) is 27.7 Å². The Morgan fingerprint density at radius 2 is 1.62 bits per heavy atom. The lowest BCUT2D eigenvalue weighted by atomic mass is 9.84. The standard InChI is InChI=1S/C26H42O3/c1-6-10-12-21(8-3)20-25(23(9-4)13-11-7-2)29-26(27)19-16-22-14-17-24(28-5)18-15-22/h14-19,21,23,25H,6-13,20H2,1-5H3. The third kappa shape index (κ3) is 10.0. The molecule has 0 radical (unpaired) electrons. The van der Waals surface area contributed by atoms with E-state index in [0.29, 0.717) is 11.8 Å². The van der Waals surface area contributed by atoms with E-state index in [-0.39, 0.29) is 12.1 Å². The number of esters is 1. The molecule has 1 rings (SSSR count). The van der Waals surface area contributed by atoms with Gasteiger partial charge in [-0.1, -0.05) is 78.4 Å². The highest BCUT2D eigenvalue weighted by Gasteiger charge is 2.25. The van der Waals surface area contributed by atoms with Crippen LogP contribution in [0.25, 0.3) is 6.08 Å². The second-order valence-electron chi connectivity index (χ2n) is 8.04. The Bertz CT molecular complexity index is 576. The third-order valence-electron chi connectivity index (χ3n) is 5.88. The number of rotatable bonds is 15. The molecule has 0 aromatic heterocycles. The predicted molar refractivity (Wildman–Crippen MR) is 123 cm³/mol. The van der Waals surface area contributed by atoms with Gasteiger partial charge < -0.3 is 9.47 Å². The number of ether oxygens (including phenoxy) is 2. The Balaban J connectivity index is 2.80. The van der Waals surface area contributed by atoms with Crippen molar-refractivity contribution in [3.05, 3.63) is 35.9 Å². The van der Waals surface area contributed by atoms with Crippen molar-refractivity contribution in [2.24, 2.45) is 11.8 Å². The summed E-state index contributed by atoms with van der Waals surface area (Å²) in [6.45, 7) is 8.95. The maximum Gasteiger partial charge on any atom is 0.331 e. The molecule has 0 spiro atoms. The lowest BCUT2D eigenvalue weighted by Gasteiger charge is -2.29. The van der Waals surface area contributed by atoms with Gasteiger partial charge in [0.15, 0.2) is 0 Å². The van der Waals surface area contributed by atoms with Crippen LogP contribution in [0.3, 0.4) is 0 Å². The van der Waals surface area contributed by atoms with Crippen molar-refractivity contribution in [3.63, 3.8) is 0 Å². The number of methoxy groups -OCH3 is 1. The van der Waals surface area contributed by atoms with Gasteiger partial charge in [-0.15, -0.1) is 0 Å². The molecule has 0 bridgehead atoms. The molecule has 1 aromatic rings. The molecule has 3 nitrogen and oxygen atoms in total. The van der Waals surface area contributed by atoms with Crippen LogP contribution in [0.4, 0.5) is 0 Å². The fraction of sp³-hybridized carbons (Fsp3) is 0.654. The fourth-order valence-electron chi connectivity index (χ4n) is 3.83. The van der Waals surface area contributed by atoms with E-state index in [4.69, 9.17) is 9.47 Å². The van der Waals surface area contributed by atoms with E-state index in [0.717, 1.165) is 37.0 Å². The molecule has 1 aromatic carbocycles. The van der Waals surface area contributed by atoms with Crippen molar-refractivity contribution in [2.75, 3.05) is 7.11 Å². The van der Waals surface area contributed by atoms with Crippen molar-refractivity contribution >= 4 is 12.0 Å². The van der Waals surface area contributed by atoms with Gasteiger partial charge >= 0.3 is 5.97 Å². The predicted octanol–water partition coefficient (Wildman–Crippen LogP) is 7.44. The molecule has 3 unspecified atom stereocenters. The Hall–Kier alpha value is -1.77. The first-order valence-corrected chi connectivity index (χ1v) is 11.6. The zero-order valence-corrected chi connectivity index (χ0v) is 19.3. The molecule has 0 saturated heterocycles. The van der Waals surface area contributed by atoms with Crippen LogP contribution >= 0.6 is 0 Å². The van der Waals surface area contributed by atoms with Crippen LogP contribution < -0.4 is 4.74 Å². The van der Waals surface area contributed by atoms with Crippen LogP contribution in [0.2, 0.25) is 0 Å². The van der Waals surface area contributed by atoms with Gasteiger partial charge in [0, 0.05) is 6.08 Å². The van der Waals surface area contributed by atoms with Gasteiger partial charge in [-0.3, -0.25) is 0 Å². The molecule has 0 aliphatic carbocycles. The van der Waals surface area contributed by atoms with E-state index in [1.807, 2.05) is 30.3 Å². The summed E-state index contributed by atoms with van der Waals surface area (Å²) in [6, 6.07) is 7.67. The van der Waals surface area contributed by atoms with E-state index in [1.54, 1.807) is 13.2 Å². The summed E-state index contributed by atoms with van der Waals surface area (Å²) < 4.78 is 11.2. The lowest BCUT2D eigenvalue weighted by molar-refractivity contribution is -0.147. The second-order valence-corrected chi connectivity index (χ2v) is 8.04. The van der Waals surface area contributed by atoms with Crippen LogP contribution in [0.5, 0.6) is 5.75 Å². The largest absolute Gasteiger partial charge is 0.497 e. The van der Waals surface area contributed by atoms with Gasteiger partial charge in [-0.05, 0) is 54.9 Å². The zero-order chi connectivity index (χ0) is 21.5. The molecular formula is C26H42O3. The Kier molecular flexibility index (Phi) is 13.2. The number of hydrogen-bond donors (Lipinski definition) is 0. The van der Waals surface area contributed by atoms with Gasteiger partial charge in [0.2, 0.25) is 0 Å². The zero-order valence-electron chi connectivity index (χ0n) is 19.3. The van der Waals surface area contributed by atoms with Crippen molar-refractivity contribution in [1.29, 1.82) is 0 Å². The van der Waals surface area contributed by atoms with Crippen molar-refractivity contribution in [2.45, 2.75) is 91.6 Å². The van der Waals surface area contributed by atoms with Crippen LogP contribution in [0.1, 0.15) is 91.0 Å². The minimum Gasteiger partial charge on any atom is -0.497 e. The maximum atomic E-state index is 12.6. The number of carbonyl (C=O) groups excluding carboxylic acids is 1. The van der Waals surface area contributed by atoms with Gasteiger partial charge in [0.1, 0.15) is 11.9 Å². The molecule has 164 valence electrons. The van der Waals surface area contributed by atoms with E-state index in [9.17, 15) is 4.79 Å². The Morgan fingerprint density at radius 3 is 2.17 bits per heavy atom. The normalized spacial score (nSPS) is 14.5. The van der Waals surface area contributed by atoms with Gasteiger partial charge in [-0.2, -0.15) is 0 Å². The number of carbonyl (C=O) groups is 1. The average Bonchev–Trinajstić information content (AvgIpc) is 2.75. The minimum atomic E-state index is -0.230. The summed E-state index contributed by atoms with van der Waals surface area (Å²) in [5.74, 6) is 1.66. The molecule has 0 amide bonds. The first-order valence-electron chi connectivity index (χ1n) is 11.6. The monoisotopic (exact) mass is 402 g/mol. The first-order chi connectivity index (χ1) is 14.1. The third-order valence-corrected chi connectivity index (χ3v) is 5.88. The second kappa shape index (κ2) is 15.1. The lowest BCUT2D eigenvalue weighted by Crippen LogP contribution is -2.29. The molecule has 0 N–H and O–H groups in total. The first kappa shape index (κ1) is 25.3. The highest BCUT2D eigenvalue weighted by molar-refractivity contribution is 5.87. The minimum absolute atomic E-state index is 0.0152. The Morgan fingerprint density at radius 1 is 0.966 bits per heavy atom. The topological polar surface area (TPSA) is 35.5 Å². The summed E-state index contributed by atoms with van der Waals surface area (Å²) >= 11 is 0. The molecular weight excluding hydrogens is 360 g/mol. The molecule has 0 heterocycles. The van der Waals surface area contributed by atoms with Crippen LogP contribution in [-0.2, 0) is 9.53 Å². The van der Waals surface area contributed by atoms with Crippen LogP contribution in [-0.4, -0.2) is 19.2 Å². The molecule has 0 aliphatic rings. The molecule has 0 saturated carbocycles. The quantitative estimate of drug-likeness (QED) is 0.226. The number of unbranched alkanes of at least 4 members (excludes halogenated alkanes) is 2. The SMILES string of the molecule is CCCCC(CC)CC(OC(=O)C=Cc1ccc(OC)cc1)C(CC)CCCC. The molecule has 0 aliphatic heterocycles. The summed E-state index contributed by atoms with van der Waals surface area (Å²) in [4.78, 5) is 12.6.